The van der Waals surface area contributed by atoms with Crippen LogP contribution in [0.5, 0.6) is 0 Å². The van der Waals surface area contributed by atoms with E-state index in [0.717, 1.165) is 24.1 Å². The minimum atomic E-state index is 0. The SMILES string of the molecule is CN=C(NCCCCCN1CCCCC1)NCc1ccc(Cl)cc1.I. The van der Waals surface area contributed by atoms with Gasteiger partial charge in [-0.25, -0.2) is 0 Å². The molecular weight excluding hydrogens is 447 g/mol. The van der Waals surface area contributed by atoms with Crippen LogP contribution < -0.4 is 10.6 Å². The zero-order chi connectivity index (χ0) is 17.0. The van der Waals surface area contributed by atoms with Crippen LogP contribution in [-0.4, -0.2) is 44.1 Å². The summed E-state index contributed by atoms with van der Waals surface area (Å²) in [7, 11) is 1.81. The first-order valence-corrected chi connectivity index (χ1v) is 9.57. The van der Waals surface area contributed by atoms with Crippen molar-refractivity contribution < 1.29 is 0 Å². The number of hydrogen-bond acceptors (Lipinski definition) is 2. The summed E-state index contributed by atoms with van der Waals surface area (Å²) in [5.41, 5.74) is 1.20. The molecule has 0 bridgehead atoms. The number of benzene rings is 1. The number of halogens is 2. The van der Waals surface area contributed by atoms with Crippen LogP contribution >= 0.6 is 35.6 Å². The molecule has 0 spiro atoms. The maximum absolute atomic E-state index is 5.90. The number of likely N-dealkylation sites (tertiary alicyclic amines) is 1. The third-order valence-electron chi connectivity index (χ3n) is 4.49. The molecule has 1 fully saturated rings. The summed E-state index contributed by atoms with van der Waals surface area (Å²) >= 11 is 5.90. The number of nitrogens with zero attached hydrogens (tertiary/aromatic N) is 2. The first-order valence-electron chi connectivity index (χ1n) is 9.19. The third kappa shape index (κ3) is 9.66. The second-order valence-corrected chi connectivity index (χ2v) is 6.88. The zero-order valence-corrected chi connectivity index (χ0v) is 18.4. The van der Waals surface area contributed by atoms with Crippen molar-refractivity contribution in [2.24, 2.45) is 4.99 Å². The van der Waals surface area contributed by atoms with Gasteiger partial charge in [0.2, 0.25) is 0 Å². The van der Waals surface area contributed by atoms with Gasteiger partial charge in [0.05, 0.1) is 0 Å². The molecule has 0 radical (unpaired) electrons. The number of unbranched alkanes of at least 4 members (excludes halogenated alkanes) is 2. The molecule has 0 aromatic heterocycles. The highest BCUT2D eigenvalue weighted by Crippen LogP contribution is 2.10. The second-order valence-electron chi connectivity index (χ2n) is 6.44. The molecular formula is C19H32ClIN4. The molecule has 2 N–H and O–H groups in total. The fourth-order valence-electron chi connectivity index (χ4n) is 3.04. The van der Waals surface area contributed by atoms with Gasteiger partial charge in [0.25, 0.3) is 0 Å². The fourth-order valence-corrected chi connectivity index (χ4v) is 3.16. The molecule has 1 saturated heterocycles. The number of nitrogens with one attached hydrogen (secondary N) is 2. The van der Waals surface area contributed by atoms with Crippen LogP contribution in [0.2, 0.25) is 5.02 Å². The third-order valence-corrected chi connectivity index (χ3v) is 4.74. The van der Waals surface area contributed by atoms with E-state index in [2.05, 4.69) is 20.5 Å². The van der Waals surface area contributed by atoms with Crippen LogP contribution in [0.3, 0.4) is 0 Å². The van der Waals surface area contributed by atoms with Crippen molar-refractivity contribution in [3.63, 3.8) is 0 Å². The van der Waals surface area contributed by atoms with Crippen molar-refractivity contribution in [3.05, 3.63) is 34.9 Å². The van der Waals surface area contributed by atoms with Gasteiger partial charge in [-0.2, -0.15) is 0 Å². The predicted molar refractivity (Wildman–Crippen MR) is 119 cm³/mol. The Labute approximate surface area is 174 Å². The van der Waals surface area contributed by atoms with Gasteiger partial charge < -0.3 is 15.5 Å². The van der Waals surface area contributed by atoms with Crippen LogP contribution in [0, 0.1) is 0 Å². The second kappa shape index (κ2) is 13.6. The monoisotopic (exact) mass is 478 g/mol. The molecule has 1 aromatic rings. The normalized spacial score (nSPS) is 15.5. The van der Waals surface area contributed by atoms with Gasteiger partial charge in [-0.05, 0) is 63.0 Å². The molecule has 0 saturated carbocycles. The van der Waals surface area contributed by atoms with Gasteiger partial charge in [-0.1, -0.05) is 36.6 Å². The molecule has 1 aromatic carbocycles. The quantitative estimate of drug-likeness (QED) is 0.254. The van der Waals surface area contributed by atoms with Crippen molar-refractivity contribution in [2.75, 3.05) is 33.2 Å². The van der Waals surface area contributed by atoms with Gasteiger partial charge in [0.15, 0.2) is 5.96 Å². The van der Waals surface area contributed by atoms with Crippen molar-refractivity contribution in [1.82, 2.24) is 15.5 Å². The van der Waals surface area contributed by atoms with E-state index in [1.54, 1.807) is 0 Å². The summed E-state index contributed by atoms with van der Waals surface area (Å²) in [6, 6.07) is 7.89. The van der Waals surface area contributed by atoms with Crippen LogP contribution in [0.15, 0.2) is 29.3 Å². The molecule has 1 aliphatic rings. The molecule has 4 nitrogen and oxygen atoms in total. The zero-order valence-electron chi connectivity index (χ0n) is 15.3. The molecule has 0 atom stereocenters. The minimum absolute atomic E-state index is 0. The van der Waals surface area contributed by atoms with Crippen LogP contribution in [0.1, 0.15) is 44.1 Å². The summed E-state index contributed by atoms with van der Waals surface area (Å²) in [6.07, 6.45) is 7.96. The molecule has 1 aliphatic heterocycles. The topological polar surface area (TPSA) is 39.7 Å². The number of piperidine rings is 1. The average molecular weight is 479 g/mol. The fraction of sp³-hybridized carbons (Fsp3) is 0.632. The number of rotatable bonds is 8. The molecule has 6 heteroatoms. The maximum Gasteiger partial charge on any atom is 0.191 e. The summed E-state index contributed by atoms with van der Waals surface area (Å²) < 4.78 is 0. The largest absolute Gasteiger partial charge is 0.356 e. The Balaban J connectivity index is 0.00000312. The summed E-state index contributed by atoms with van der Waals surface area (Å²) in [5.74, 6) is 0.862. The van der Waals surface area contributed by atoms with E-state index in [1.807, 2.05) is 31.3 Å². The Bertz CT molecular complexity index is 487. The van der Waals surface area contributed by atoms with Crippen molar-refractivity contribution >= 4 is 41.5 Å². The Morgan fingerprint density at radius 2 is 1.76 bits per heavy atom. The molecule has 0 amide bonds. The molecule has 1 heterocycles. The van der Waals surface area contributed by atoms with E-state index in [-0.39, 0.29) is 24.0 Å². The maximum atomic E-state index is 5.90. The first kappa shape index (κ1) is 22.5. The Kier molecular flexibility index (Phi) is 12.3. The molecule has 2 rings (SSSR count). The Morgan fingerprint density at radius 1 is 1.04 bits per heavy atom. The Hall–Kier alpha value is -0.530. The Morgan fingerprint density at radius 3 is 2.44 bits per heavy atom. The van der Waals surface area contributed by atoms with Gasteiger partial charge in [0, 0.05) is 25.2 Å². The van der Waals surface area contributed by atoms with Gasteiger partial charge >= 0.3 is 0 Å². The summed E-state index contributed by atoms with van der Waals surface area (Å²) in [4.78, 5) is 6.89. The van der Waals surface area contributed by atoms with Gasteiger partial charge in [-0.3, -0.25) is 4.99 Å². The number of guanidine groups is 1. The molecule has 0 aliphatic carbocycles. The highest BCUT2D eigenvalue weighted by molar-refractivity contribution is 14.0. The lowest BCUT2D eigenvalue weighted by atomic mass is 10.1. The lowest BCUT2D eigenvalue weighted by Gasteiger charge is -2.26. The van der Waals surface area contributed by atoms with Crippen molar-refractivity contribution in [1.29, 1.82) is 0 Å². The van der Waals surface area contributed by atoms with Gasteiger partial charge in [0.1, 0.15) is 0 Å². The molecule has 0 unspecified atom stereocenters. The van der Waals surface area contributed by atoms with Crippen LogP contribution in [0.25, 0.3) is 0 Å². The van der Waals surface area contributed by atoms with E-state index < -0.39 is 0 Å². The minimum Gasteiger partial charge on any atom is -0.356 e. The summed E-state index contributed by atoms with van der Waals surface area (Å²) in [6.45, 7) is 5.61. The van der Waals surface area contributed by atoms with E-state index in [4.69, 9.17) is 11.6 Å². The van der Waals surface area contributed by atoms with E-state index in [0.29, 0.717) is 0 Å². The molecule has 25 heavy (non-hydrogen) atoms. The average Bonchev–Trinajstić information content (AvgIpc) is 2.63. The molecule has 142 valence electrons. The van der Waals surface area contributed by atoms with Crippen LogP contribution in [-0.2, 0) is 6.54 Å². The lowest BCUT2D eigenvalue weighted by molar-refractivity contribution is 0.224. The lowest BCUT2D eigenvalue weighted by Crippen LogP contribution is -2.37. The van der Waals surface area contributed by atoms with Crippen molar-refractivity contribution in [2.45, 2.75) is 45.1 Å². The first-order chi connectivity index (χ1) is 11.8. The summed E-state index contributed by atoms with van der Waals surface area (Å²) in [5, 5.41) is 7.49. The van der Waals surface area contributed by atoms with E-state index in [9.17, 15) is 0 Å². The van der Waals surface area contributed by atoms with Crippen LogP contribution in [0.4, 0.5) is 0 Å². The predicted octanol–water partition coefficient (Wildman–Crippen LogP) is 4.28. The standard InChI is InChI=1S/C19H31ClN4.HI/c1-21-19(23-16-17-8-10-18(20)11-9-17)22-12-4-2-5-13-24-14-6-3-7-15-24;/h8-11H,2-7,12-16H2,1H3,(H2,21,22,23);1H. The van der Waals surface area contributed by atoms with E-state index in [1.165, 1.54) is 63.7 Å². The van der Waals surface area contributed by atoms with E-state index >= 15 is 0 Å². The number of hydrogen-bond donors (Lipinski definition) is 2. The smallest absolute Gasteiger partial charge is 0.191 e. The number of aliphatic imine (C=N–C) groups is 1. The highest BCUT2D eigenvalue weighted by atomic mass is 127. The highest BCUT2D eigenvalue weighted by Gasteiger charge is 2.08. The van der Waals surface area contributed by atoms with Gasteiger partial charge in [-0.15, -0.1) is 24.0 Å². The van der Waals surface area contributed by atoms with Crippen molar-refractivity contribution in [3.8, 4) is 0 Å².